The lowest BCUT2D eigenvalue weighted by atomic mass is 9.81. The molecule has 0 bridgehead atoms. The number of thiazole rings is 1. The highest BCUT2D eigenvalue weighted by atomic mass is 32.1. The first kappa shape index (κ1) is 33.2. The van der Waals surface area contributed by atoms with Crippen molar-refractivity contribution < 1.29 is 23.8 Å². The van der Waals surface area contributed by atoms with Gasteiger partial charge in [0.15, 0.2) is 5.78 Å². The number of aliphatic hydroxyl groups excluding tert-OH is 1. The lowest BCUT2D eigenvalue weighted by molar-refractivity contribution is 0.0184. The molecular formula is C39H43FN2O4S. The van der Waals surface area contributed by atoms with Crippen molar-refractivity contribution in [3.63, 3.8) is 0 Å². The molecule has 6 rings (SSSR count). The second kappa shape index (κ2) is 15.5. The fourth-order valence-corrected chi connectivity index (χ4v) is 8.15. The van der Waals surface area contributed by atoms with Gasteiger partial charge in [-0.15, -0.1) is 11.3 Å². The zero-order chi connectivity index (χ0) is 32.8. The molecule has 4 aromatic rings. The van der Waals surface area contributed by atoms with Gasteiger partial charge >= 0.3 is 0 Å². The summed E-state index contributed by atoms with van der Waals surface area (Å²) in [6.07, 6.45) is 4.09. The van der Waals surface area contributed by atoms with Crippen molar-refractivity contribution in [2.24, 2.45) is 11.8 Å². The van der Waals surface area contributed by atoms with Crippen molar-refractivity contribution in [1.29, 1.82) is 0 Å². The third-order valence-electron chi connectivity index (χ3n) is 9.66. The van der Waals surface area contributed by atoms with E-state index >= 15 is 0 Å². The van der Waals surface area contributed by atoms with Crippen LogP contribution in [0.5, 0.6) is 0 Å². The van der Waals surface area contributed by atoms with E-state index in [4.69, 9.17) is 4.74 Å². The number of halogens is 1. The highest BCUT2D eigenvalue weighted by Gasteiger charge is 2.36. The third-order valence-corrected chi connectivity index (χ3v) is 10.7. The molecule has 0 radical (unpaired) electrons. The Morgan fingerprint density at radius 2 is 1.70 bits per heavy atom. The number of aliphatic hydroxyl groups is 1. The number of benzene rings is 3. The summed E-state index contributed by atoms with van der Waals surface area (Å²) in [5, 5.41) is 14.7. The van der Waals surface area contributed by atoms with Crippen LogP contribution in [-0.4, -0.2) is 45.4 Å². The highest BCUT2D eigenvalue weighted by molar-refractivity contribution is 7.09. The van der Waals surface area contributed by atoms with Crippen molar-refractivity contribution >= 4 is 23.0 Å². The number of nitrogens with zero attached hydrogens (tertiary/aromatic N) is 2. The molecule has 8 heteroatoms. The van der Waals surface area contributed by atoms with E-state index in [1.807, 2.05) is 77.9 Å². The first-order chi connectivity index (χ1) is 22.9. The van der Waals surface area contributed by atoms with Gasteiger partial charge < -0.3 is 14.7 Å². The number of aryl methyl sites for hydroxylation is 1. The first-order valence-electron chi connectivity index (χ1n) is 16.7. The molecule has 5 atom stereocenters. The smallest absolute Gasteiger partial charge is 0.254 e. The minimum Gasteiger partial charge on any atom is -0.393 e. The van der Waals surface area contributed by atoms with E-state index in [2.05, 4.69) is 4.98 Å². The number of aromatic nitrogens is 1. The van der Waals surface area contributed by atoms with Gasteiger partial charge in [-0.1, -0.05) is 60.7 Å². The number of rotatable bonds is 13. The van der Waals surface area contributed by atoms with Crippen LogP contribution < -0.4 is 0 Å². The summed E-state index contributed by atoms with van der Waals surface area (Å²) in [5.74, 6) is -0.740. The Hall–Kier alpha value is -3.72. The van der Waals surface area contributed by atoms with Gasteiger partial charge in [0.1, 0.15) is 11.7 Å². The molecule has 1 aromatic heterocycles. The second-order valence-electron chi connectivity index (χ2n) is 13.1. The molecule has 246 valence electrons. The van der Waals surface area contributed by atoms with E-state index in [-0.39, 0.29) is 42.1 Å². The fraction of sp³-hybridized carbons (Fsp3) is 0.410. The average Bonchev–Trinajstić information content (AvgIpc) is 3.88. The quantitative estimate of drug-likeness (QED) is 0.148. The number of likely N-dealkylation sites (tertiary alicyclic amines) is 1. The Morgan fingerprint density at radius 3 is 2.40 bits per heavy atom. The van der Waals surface area contributed by atoms with Crippen molar-refractivity contribution in [2.45, 2.75) is 83.4 Å². The van der Waals surface area contributed by atoms with E-state index in [1.54, 1.807) is 29.5 Å². The van der Waals surface area contributed by atoms with E-state index in [0.29, 0.717) is 36.3 Å². The van der Waals surface area contributed by atoms with Gasteiger partial charge in [-0.2, -0.15) is 0 Å². The van der Waals surface area contributed by atoms with Crippen LogP contribution in [0, 0.1) is 18.8 Å². The Morgan fingerprint density at radius 1 is 0.979 bits per heavy atom. The summed E-state index contributed by atoms with van der Waals surface area (Å²) in [6, 6.07) is 24.6. The maximum absolute atomic E-state index is 14.1. The molecule has 2 aliphatic rings. The van der Waals surface area contributed by atoms with Gasteiger partial charge in [-0.25, -0.2) is 9.37 Å². The molecule has 1 saturated carbocycles. The molecule has 1 aliphatic heterocycles. The van der Waals surface area contributed by atoms with Gasteiger partial charge in [-0.05, 0) is 92.2 Å². The number of ketones is 1. The molecule has 1 saturated heterocycles. The third kappa shape index (κ3) is 8.23. The summed E-state index contributed by atoms with van der Waals surface area (Å²) in [7, 11) is 0. The van der Waals surface area contributed by atoms with Gasteiger partial charge in [-0.3, -0.25) is 9.59 Å². The molecule has 3 aromatic carbocycles. The Kier molecular flexibility index (Phi) is 10.9. The lowest BCUT2D eigenvalue weighted by Gasteiger charge is -2.28. The Bertz CT molecular complexity index is 1650. The van der Waals surface area contributed by atoms with Crippen molar-refractivity contribution in [3.8, 4) is 0 Å². The number of ether oxygens (including phenoxy) is 1. The van der Waals surface area contributed by atoms with Crippen LogP contribution in [-0.2, 0) is 24.4 Å². The van der Waals surface area contributed by atoms with Crippen LogP contribution in [0.2, 0.25) is 0 Å². The summed E-state index contributed by atoms with van der Waals surface area (Å²) < 4.78 is 20.3. The van der Waals surface area contributed by atoms with Gasteiger partial charge in [0.25, 0.3) is 5.91 Å². The minimum atomic E-state index is -0.779. The normalized spacial score (nSPS) is 20.7. The molecule has 2 heterocycles. The van der Waals surface area contributed by atoms with Crippen LogP contribution in [0.4, 0.5) is 4.39 Å². The molecule has 0 spiro atoms. The molecular weight excluding hydrogens is 612 g/mol. The first-order valence-corrected chi connectivity index (χ1v) is 17.6. The molecule has 0 unspecified atom stereocenters. The SMILES string of the molecule is Cc1csc([C@H]2CCCN2C(=O)c2cc(CF)cc(C(=O)C[C@@H](Cc3ccccc3)[C@H](O)[C@@H]3CC[C@H](OCc4ccccc4)C3)c2)n1. The molecule has 1 amide bonds. The zero-order valence-electron chi connectivity index (χ0n) is 26.9. The van der Waals surface area contributed by atoms with Crippen LogP contribution in [0.25, 0.3) is 0 Å². The number of alkyl halides is 1. The van der Waals surface area contributed by atoms with Crippen LogP contribution in [0.3, 0.4) is 0 Å². The van der Waals surface area contributed by atoms with E-state index in [1.165, 1.54) is 0 Å². The number of amides is 1. The van der Waals surface area contributed by atoms with E-state index in [9.17, 15) is 19.1 Å². The lowest BCUT2D eigenvalue weighted by Crippen LogP contribution is -2.32. The predicted octanol–water partition coefficient (Wildman–Crippen LogP) is 8.08. The standard InChI is InChI=1S/C39H43FN2O4S/c1-26-25-47-38(41-26)35-13-8-16-42(35)39(45)33-19-29(23-40)18-31(20-33)36(43)22-32(17-27-9-4-2-5-10-27)37(44)30-14-15-34(21-30)46-24-28-11-6-3-7-12-28/h2-7,9-12,18-20,25,30,32,34-35,37,44H,8,13-17,21-24H2,1H3/t30-,32-,34+,35-,37-/m1/s1. The second-order valence-corrected chi connectivity index (χ2v) is 14.0. The molecule has 6 nitrogen and oxygen atoms in total. The Labute approximate surface area is 280 Å². The van der Waals surface area contributed by atoms with E-state index < -0.39 is 12.8 Å². The number of carbonyl (C=O) groups is 2. The minimum absolute atomic E-state index is 0.00759. The maximum Gasteiger partial charge on any atom is 0.254 e. The summed E-state index contributed by atoms with van der Waals surface area (Å²) in [6.45, 7) is 2.29. The number of carbonyl (C=O) groups excluding carboxylic acids is 2. The molecule has 2 fully saturated rings. The van der Waals surface area contributed by atoms with E-state index in [0.717, 1.165) is 53.9 Å². The van der Waals surface area contributed by atoms with Crippen LogP contribution in [0.15, 0.2) is 84.2 Å². The van der Waals surface area contributed by atoms with Gasteiger partial charge in [0.2, 0.25) is 0 Å². The van der Waals surface area contributed by atoms with Crippen LogP contribution >= 0.6 is 11.3 Å². The fourth-order valence-electron chi connectivity index (χ4n) is 7.21. The largest absolute Gasteiger partial charge is 0.393 e. The van der Waals surface area contributed by atoms with Crippen molar-refractivity contribution in [2.75, 3.05) is 6.54 Å². The molecule has 1 N–H and O–H groups in total. The monoisotopic (exact) mass is 654 g/mol. The van der Waals surface area contributed by atoms with Gasteiger partial charge in [0.05, 0.1) is 24.9 Å². The van der Waals surface area contributed by atoms with Crippen molar-refractivity contribution in [3.05, 3.63) is 123 Å². The topological polar surface area (TPSA) is 79.7 Å². The summed E-state index contributed by atoms with van der Waals surface area (Å²) in [4.78, 5) is 34.2. The average molecular weight is 655 g/mol. The van der Waals surface area contributed by atoms with Gasteiger partial charge in [0, 0.05) is 35.2 Å². The molecule has 47 heavy (non-hydrogen) atoms. The summed E-state index contributed by atoms with van der Waals surface area (Å²) in [5.41, 5.74) is 4.02. The van der Waals surface area contributed by atoms with Crippen molar-refractivity contribution in [1.82, 2.24) is 9.88 Å². The zero-order valence-corrected chi connectivity index (χ0v) is 27.7. The predicted molar refractivity (Wildman–Crippen MR) is 182 cm³/mol. The summed E-state index contributed by atoms with van der Waals surface area (Å²) >= 11 is 1.55. The maximum atomic E-state index is 14.1. The Balaban J connectivity index is 1.18. The number of Topliss-reactive ketones (excluding diaryl/α,β-unsaturated/α-hetero) is 1. The number of hydrogen-bond donors (Lipinski definition) is 1. The van der Waals surface area contributed by atoms with Crippen LogP contribution in [0.1, 0.15) is 92.7 Å². The highest BCUT2D eigenvalue weighted by Crippen LogP contribution is 2.37. The number of hydrogen-bond acceptors (Lipinski definition) is 6. The molecule has 1 aliphatic carbocycles.